The molecule has 0 saturated carbocycles. The van der Waals surface area contributed by atoms with Gasteiger partial charge in [0, 0.05) is 36.7 Å². The van der Waals surface area contributed by atoms with Crippen molar-refractivity contribution in [2.24, 2.45) is 5.92 Å². The van der Waals surface area contributed by atoms with Crippen molar-refractivity contribution in [2.75, 3.05) is 25.1 Å². The fourth-order valence-electron chi connectivity index (χ4n) is 3.37. The second-order valence-electron chi connectivity index (χ2n) is 7.82. The molecule has 0 bridgehead atoms. The van der Waals surface area contributed by atoms with Gasteiger partial charge in [0.2, 0.25) is 0 Å². The monoisotopic (exact) mass is 452 g/mol. The predicted molar refractivity (Wildman–Crippen MR) is 117 cm³/mol. The van der Waals surface area contributed by atoms with E-state index in [9.17, 15) is 21.6 Å². The lowest BCUT2D eigenvalue weighted by molar-refractivity contribution is -0.0913. The fourth-order valence-corrected chi connectivity index (χ4v) is 4.14. The van der Waals surface area contributed by atoms with Crippen molar-refractivity contribution < 1.29 is 21.6 Å². The van der Waals surface area contributed by atoms with Crippen LogP contribution in [0.15, 0.2) is 46.8 Å². The highest BCUT2D eigenvalue weighted by Gasteiger charge is 2.30. The second-order valence-corrected chi connectivity index (χ2v) is 10.1. The number of fused-ring (bicyclic) bond motifs is 1. The van der Waals surface area contributed by atoms with Crippen LogP contribution >= 0.6 is 0 Å². The predicted octanol–water partition coefficient (Wildman–Crippen LogP) is 3.57. The van der Waals surface area contributed by atoms with E-state index in [2.05, 4.69) is 28.0 Å². The van der Waals surface area contributed by atoms with Crippen LogP contribution in [-0.2, 0) is 9.84 Å². The number of allylic oxidation sites excluding steroid dienone is 6. The lowest BCUT2D eigenvalue weighted by atomic mass is 9.89. The first kappa shape index (κ1) is 24.8. The van der Waals surface area contributed by atoms with Crippen LogP contribution < -0.4 is 5.32 Å². The molecule has 0 amide bonds. The van der Waals surface area contributed by atoms with E-state index in [4.69, 9.17) is 6.42 Å². The summed E-state index contributed by atoms with van der Waals surface area (Å²) in [6.07, 6.45) is 9.25. The fraction of sp³-hybridized carbons (Fsp3) is 0.478. The summed E-state index contributed by atoms with van der Waals surface area (Å²) in [5.41, 5.74) is 1.26. The summed E-state index contributed by atoms with van der Waals surface area (Å²) in [7, 11) is -3.02. The van der Waals surface area contributed by atoms with Crippen molar-refractivity contribution in [1.29, 1.82) is 0 Å². The molecule has 2 unspecified atom stereocenters. The third kappa shape index (κ3) is 7.65. The van der Waals surface area contributed by atoms with Crippen LogP contribution in [0.2, 0.25) is 0 Å². The van der Waals surface area contributed by atoms with Crippen LogP contribution in [0, 0.1) is 30.1 Å². The van der Waals surface area contributed by atoms with Crippen LogP contribution in [0.25, 0.3) is 0 Å². The minimum atomic E-state index is -4.40. The third-order valence-corrected chi connectivity index (χ3v) is 6.32. The molecule has 1 fully saturated rings. The number of sulfone groups is 1. The summed E-state index contributed by atoms with van der Waals surface area (Å²) < 4.78 is 61.1. The molecule has 0 spiro atoms. The molecule has 1 aliphatic carbocycles. The zero-order valence-electron chi connectivity index (χ0n) is 17.9. The average Bonchev–Trinajstić information content (AvgIpc) is 2.89. The number of likely N-dealkylation sites (tertiary alicyclic amines) is 1. The van der Waals surface area contributed by atoms with E-state index in [1.54, 1.807) is 12.2 Å². The van der Waals surface area contributed by atoms with Gasteiger partial charge in [-0.25, -0.2) is 8.42 Å². The number of rotatable bonds is 7. The molecule has 0 radical (unpaired) electrons. The van der Waals surface area contributed by atoms with Gasteiger partial charge < -0.3 is 5.32 Å². The number of nitrogens with one attached hydrogen (secondary N) is 1. The van der Waals surface area contributed by atoms with E-state index in [-0.39, 0.29) is 23.4 Å². The topological polar surface area (TPSA) is 49.4 Å². The molecular weight excluding hydrogens is 425 g/mol. The molecule has 8 heteroatoms. The van der Waals surface area contributed by atoms with Crippen molar-refractivity contribution in [3.63, 3.8) is 0 Å². The lowest BCUT2D eigenvalue weighted by Crippen LogP contribution is -2.43. The number of terminal acetylenes is 1. The Bertz CT molecular complexity index is 1020. The Morgan fingerprint density at radius 1 is 1.45 bits per heavy atom. The van der Waals surface area contributed by atoms with Gasteiger partial charge in [0.25, 0.3) is 0 Å². The average molecular weight is 453 g/mol. The van der Waals surface area contributed by atoms with Crippen molar-refractivity contribution >= 4 is 9.84 Å². The number of nitrogens with zero attached hydrogens (tertiary/aromatic N) is 1. The summed E-state index contributed by atoms with van der Waals surface area (Å²) in [5.74, 6) is 8.65. The van der Waals surface area contributed by atoms with Gasteiger partial charge in [-0.2, -0.15) is 13.2 Å². The van der Waals surface area contributed by atoms with E-state index >= 15 is 0 Å². The first-order valence-corrected chi connectivity index (χ1v) is 12.0. The lowest BCUT2D eigenvalue weighted by Gasteiger charge is -2.37. The zero-order chi connectivity index (χ0) is 23.2. The molecule has 0 aromatic rings. The molecule has 0 aromatic carbocycles. The van der Waals surface area contributed by atoms with Gasteiger partial charge in [-0.3, -0.25) is 4.90 Å². The first-order valence-electron chi connectivity index (χ1n) is 9.92. The van der Waals surface area contributed by atoms with Crippen LogP contribution in [0.1, 0.15) is 26.7 Å². The largest absolute Gasteiger partial charge is 0.412 e. The Labute approximate surface area is 182 Å². The number of hydrogen-bond donors (Lipinski definition) is 1. The Balaban J connectivity index is 2.17. The van der Waals surface area contributed by atoms with Crippen molar-refractivity contribution in [3.8, 4) is 24.2 Å². The number of alkyl halides is 3. The molecule has 0 aromatic heterocycles. The van der Waals surface area contributed by atoms with E-state index in [0.29, 0.717) is 19.4 Å². The zero-order valence-corrected chi connectivity index (χ0v) is 18.7. The standard InChI is InChI=1S/C23H27F3N2O2S/c1-5-20(11-10-17(2)23(24,25)26)27-22-9-7-6-8-19-16-28(14-12-21(19)22)18(3)13-15-31(4,29)30/h1,7,9-11,18-19,27H,12-16H2,2-4H3/b17-10+,20-11+. The van der Waals surface area contributed by atoms with Gasteiger partial charge in [0.15, 0.2) is 0 Å². The molecule has 1 N–H and O–H groups in total. The van der Waals surface area contributed by atoms with Gasteiger partial charge >= 0.3 is 6.18 Å². The maximum absolute atomic E-state index is 12.7. The van der Waals surface area contributed by atoms with Crippen LogP contribution in [0.3, 0.4) is 0 Å². The van der Waals surface area contributed by atoms with E-state index in [1.807, 2.05) is 6.92 Å². The van der Waals surface area contributed by atoms with E-state index < -0.39 is 21.6 Å². The Morgan fingerprint density at radius 3 is 2.77 bits per heavy atom. The molecule has 4 nitrogen and oxygen atoms in total. The maximum atomic E-state index is 12.7. The Morgan fingerprint density at radius 2 is 2.16 bits per heavy atom. The molecule has 1 aliphatic heterocycles. The van der Waals surface area contributed by atoms with Crippen LogP contribution in [-0.4, -0.2) is 50.6 Å². The van der Waals surface area contributed by atoms with E-state index in [0.717, 1.165) is 30.8 Å². The van der Waals surface area contributed by atoms with Crippen molar-refractivity contribution in [3.05, 3.63) is 46.8 Å². The minimum absolute atomic E-state index is 0.0709. The summed E-state index contributed by atoms with van der Waals surface area (Å²) in [6.45, 7) is 4.39. The van der Waals surface area contributed by atoms with Crippen LogP contribution in [0.5, 0.6) is 0 Å². The van der Waals surface area contributed by atoms with Gasteiger partial charge in [-0.05, 0) is 50.5 Å². The first-order chi connectivity index (χ1) is 14.4. The highest BCUT2D eigenvalue weighted by atomic mass is 32.2. The molecule has 1 saturated heterocycles. The number of hydrogen-bond acceptors (Lipinski definition) is 4. The van der Waals surface area contributed by atoms with Crippen molar-refractivity contribution in [1.82, 2.24) is 10.2 Å². The summed E-state index contributed by atoms with van der Waals surface area (Å²) in [5, 5.41) is 3.07. The van der Waals surface area contributed by atoms with Crippen molar-refractivity contribution in [2.45, 2.75) is 38.9 Å². The highest BCUT2D eigenvalue weighted by Crippen LogP contribution is 2.29. The Kier molecular flexibility index (Phi) is 8.22. The van der Waals surface area contributed by atoms with E-state index in [1.165, 1.54) is 12.3 Å². The quantitative estimate of drug-likeness (QED) is 0.474. The smallest absolute Gasteiger partial charge is 0.349 e. The summed E-state index contributed by atoms with van der Waals surface area (Å²) >= 11 is 0. The molecule has 2 aliphatic rings. The van der Waals surface area contributed by atoms with Gasteiger partial charge in [0.05, 0.1) is 17.4 Å². The maximum Gasteiger partial charge on any atom is 0.412 e. The number of piperidine rings is 1. The summed E-state index contributed by atoms with van der Waals surface area (Å²) in [4.78, 5) is 2.23. The number of halogens is 3. The molecule has 168 valence electrons. The van der Waals surface area contributed by atoms with Gasteiger partial charge in [-0.15, -0.1) is 6.42 Å². The van der Waals surface area contributed by atoms with Crippen LogP contribution in [0.4, 0.5) is 13.2 Å². The second kappa shape index (κ2) is 10.3. The minimum Gasteiger partial charge on any atom is -0.349 e. The van der Waals surface area contributed by atoms with Gasteiger partial charge in [-0.1, -0.05) is 23.8 Å². The van der Waals surface area contributed by atoms with Gasteiger partial charge in [0.1, 0.15) is 9.84 Å². The molecule has 2 atom stereocenters. The highest BCUT2D eigenvalue weighted by molar-refractivity contribution is 7.90. The molecule has 31 heavy (non-hydrogen) atoms. The normalized spacial score (nSPS) is 21.5. The third-order valence-electron chi connectivity index (χ3n) is 5.34. The SMILES string of the molecule is C#C/C(=C\C=C(/C)C(F)(F)F)NC1=C2CCN(C(C)CCS(C)(=O)=O)CC2C#CC=C1. The summed E-state index contributed by atoms with van der Waals surface area (Å²) in [6, 6.07) is 0.0994. The molecular formula is C23H27F3N2O2S. The molecule has 1 heterocycles. The molecule has 2 rings (SSSR count). The Hall–Kier alpha value is -2.42.